The Hall–Kier alpha value is -1.75. The van der Waals surface area contributed by atoms with Crippen LogP contribution >= 0.6 is 0 Å². The number of carbonyl (C=O) groups is 1. The van der Waals surface area contributed by atoms with Crippen LogP contribution in [-0.2, 0) is 4.79 Å². The SMILES string of the molecule is CC(NCCC(=O)NC1CC1)c1cc(O)cc(O)c1. The second kappa shape index (κ2) is 5.93. The summed E-state index contributed by atoms with van der Waals surface area (Å²) in [6.07, 6.45) is 2.63. The Morgan fingerprint density at radius 1 is 1.32 bits per heavy atom. The van der Waals surface area contributed by atoms with Crippen molar-refractivity contribution < 1.29 is 15.0 Å². The predicted octanol–water partition coefficient (Wildman–Crippen LogP) is 1.42. The minimum Gasteiger partial charge on any atom is -0.508 e. The van der Waals surface area contributed by atoms with Gasteiger partial charge in [-0.2, -0.15) is 0 Å². The quantitative estimate of drug-likeness (QED) is 0.626. The summed E-state index contributed by atoms with van der Waals surface area (Å²) >= 11 is 0. The van der Waals surface area contributed by atoms with Crippen LogP contribution in [0.2, 0.25) is 0 Å². The molecule has 4 N–H and O–H groups in total. The zero-order valence-corrected chi connectivity index (χ0v) is 11.0. The molecule has 0 radical (unpaired) electrons. The number of amides is 1. The number of rotatable bonds is 6. The fraction of sp³-hybridized carbons (Fsp3) is 0.500. The van der Waals surface area contributed by atoms with Crippen LogP contribution in [0.5, 0.6) is 11.5 Å². The molecule has 19 heavy (non-hydrogen) atoms. The van der Waals surface area contributed by atoms with Gasteiger partial charge in [0, 0.05) is 31.1 Å². The Labute approximate surface area is 112 Å². The number of nitrogens with one attached hydrogen (secondary N) is 2. The molecule has 1 saturated carbocycles. The average molecular weight is 264 g/mol. The van der Waals surface area contributed by atoms with Crippen molar-refractivity contribution in [2.75, 3.05) is 6.54 Å². The van der Waals surface area contributed by atoms with Crippen molar-refractivity contribution in [2.24, 2.45) is 0 Å². The van der Waals surface area contributed by atoms with E-state index in [9.17, 15) is 15.0 Å². The van der Waals surface area contributed by atoms with Crippen LogP contribution in [0.3, 0.4) is 0 Å². The second-order valence-electron chi connectivity index (χ2n) is 5.05. The summed E-state index contributed by atoms with van der Waals surface area (Å²) in [6.45, 7) is 2.49. The summed E-state index contributed by atoms with van der Waals surface area (Å²) in [6, 6.07) is 4.85. The van der Waals surface area contributed by atoms with Crippen LogP contribution in [0.1, 0.15) is 37.8 Å². The lowest BCUT2D eigenvalue weighted by molar-refractivity contribution is -0.121. The van der Waals surface area contributed by atoms with Crippen molar-refractivity contribution in [3.63, 3.8) is 0 Å². The molecule has 0 aliphatic heterocycles. The van der Waals surface area contributed by atoms with E-state index in [4.69, 9.17) is 0 Å². The molecule has 2 rings (SSSR count). The van der Waals surface area contributed by atoms with Gasteiger partial charge in [0.05, 0.1) is 0 Å². The topological polar surface area (TPSA) is 81.6 Å². The van der Waals surface area contributed by atoms with Gasteiger partial charge >= 0.3 is 0 Å². The lowest BCUT2D eigenvalue weighted by Crippen LogP contribution is -2.30. The maximum Gasteiger partial charge on any atom is 0.221 e. The summed E-state index contributed by atoms with van der Waals surface area (Å²) in [7, 11) is 0. The van der Waals surface area contributed by atoms with Crippen LogP contribution in [-0.4, -0.2) is 28.7 Å². The van der Waals surface area contributed by atoms with Gasteiger partial charge in [-0.15, -0.1) is 0 Å². The second-order valence-corrected chi connectivity index (χ2v) is 5.05. The third-order valence-corrected chi connectivity index (χ3v) is 3.17. The van der Waals surface area contributed by atoms with Gasteiger partial charge in [-0.25, -0.2) is 0 Å². The van der Waals surface area contributed by atoms with Crippen molar-refractivity contribution in [1.29, 1.82) is 0 Å². The number of benzene rings is 1. The number of carbonyl (C=O) groups excluding carboxylic acids is 1. The van der Waals surface area contributed by atoms with Gasteiger partial charge in [0.1, 0.15) is 11.5 Å². The third kappa shape index (κ3) is 4.44. The van der Waals surface area contributed by atoms with Gasteiger partial charge in [0.15, 0.2) is 0 Å². The molecule has 1 unspecified atom stereocenters. The van der Waals surface area contributed by atoms with E-state index in [2.05, 4.69) is 10.6 Å². The molecule has 1 aromatic rings. The Morgan fingerprint density at radius 3 is 2.53 bits per heavy atom. The first kappa shape index (κ1) is 13.7. The summed E-state index contributed by atoms with van der Waals surface area (Å²) in [5.74, 6) is 0.145. The summed E-state index contributed by atoms with van der Waals surface area (Å²) < 4.78 is 0. The Balaban J connectivity index is 1.76. The Kier molecular flexibility index (Phi) is 4.27. The number of phenolic OH excluding ortho intramolecular Hbond substituents is 2. The van der Waals surface area contributed by atoms with Gasteiger partial charge in [0.25, 0.3) is 0 Å². The molecular weight excluding hydrogens is 244 g/mol. The number of hydrogen-bond donors (Lipinski definition) is 4. The highest BCUT2D eigenvalue weighted by molar-refractivity contribution is 5.76. The van der Waals surface area contributed by atoms with E-state index >= 15 is 0 Å². The first-order valence-corrected chi connectivity index (χ1v) is 6.60. The highest BCUT2D eigenvalue weighted by Gasteiger charge is 2.22. The number of hydrogen-bond acceptors (Lipinski definition) is 4. The fourth-order valence-corrected chi connectivity index (χ4v) is 1.92. The molecule has 0 aromatic heterocycles. The molecule has 1 aliphatic rings. The van der Waals surface area contributed by atoms with Crippen LogP contribution < -0.4 is 10.6 Å². The maximum atomic E-state index is 11.5. The van der Waals surface area contributed by atoms with Gasteiger partial charge in [-0.1, -0.05) is 0 Å². The standard InChI is InChI=1S/C14H20N2O3/c1-9(10-6-12(17)8-13(18)7-10)15-5-4-14(19)16-11-2-3-11/h6-9,11,15,17-18H,2-5H2,1H3,(H,16,19). The predicted molar refractivity (Wildman–Crippen MR) is 72.0 cm³/mol. The largest absolute Gasteiger partial charge is 0.508 e. The van der Waals surface area contributed by atoms with Crippen molar-refractivity contribution in [1.82, 2.24) is 10.6 Å². The highest BCUT2D eigenvalue weighted by Crippen LogP contribution is 2.24. The normalized spacial score (nSPS) is 16.1. The molecule has 0 bridgehead atoms. The first-order valence-electron chi connectivity index (χ1n) is 6.60. The van der Waals surface area contributed by atoms with E-state index in [1.165, 1.54) is 6.07 Å². The molecule has 0 saturated heterocycles. The van der Waals surface area contributed by atoms with Crippen LogP contribution in [0, 0.1) is 0 Å². The van der Waals surface area contributed by atoms with Crippen molar-refractivity contribution >= 4 is 5.91 Å². The Bertz CT molecular complexity index is 438. The molecule has 1 aromatic carbocycles. The van der Waals surface area contributed by atoms with Crippen LogP contribution in [0.4, 0.5) is 0 Å². The minimum atomic E-state index is -0.0354. The van der Waals surface area contributed by atoms with E-state index < -0.39 is 0 Å². The molecule has 5 heteroatoms. The van der Waals surface area contributed by atoms with Gasteiger partial charge in [-0.05, 0) is 37.5 Å². The van der Waals surface area contributed by atoms with E-state index in [0.29, 0.717) is 19.0 Å². The summed E-state index contributed by atoms with van der Waals surface area (Å²) in [5, 5.41) is 24.9. The molecular formula is C14H20N2O3. The maximum absolute atomic E-state index is 11.5. The van der Waals surface area contributed by atoms with Crippen LogP contribution in [0.25, 0.3) is 0 Å². The van der Waals surface area contributed by atoms with E-state index in [0.717, 1.165) is 18.4 Å². The number of phenols is 2. The fourth-order valence-electron chi connectivity index (χ4n) is 1.92. The van der Waals surface area contributed by atoms with Crippen molar-refractivity contribution in [3.05, 3.63) is 23.8 Å². The molecule has 1 aliphatic carbocycles. The molecule has 104 valence electrons. The average Bonchev–Trinajstić information content (AvgIpc) is 3.11. The van der Waals surface area contributed by atoms with Gasteiger partial charge in [-0.3, -0.25) is 4.79 Å². The lowest BCUT2D eigenvalue weighted by Gasteiger charge is -2.14. The Morgan fingerprint density at radius 2 is 1.95 bits per heavy atom. The zero-order valence-electron chi connectivity index (χ0n) is 11.0. The molecule has 1 fully saturated rings. The molecule has 0 spiro atoms. The summed E-state index contributed by atoms with van der Waals surface area (Å²) in [5.41, 5.74) is 0.792. The molecule has 1 atom stereocenters. The van der Waals surface area contributed by atoms with Crippen molar-refractivity contribution in [3.8, 4) is 11.5 Å². The van der Waals surface area contributed by atoms with E-state index in [1.807, 2.05) is 6.92 Å². The number of aromatic hydroxyl groups is 2. The monoisotopic (exact) mass is 264 g/mol. The first-order chi connectivity index (χ1) is 9.04. The van der Waals surface area contributed by atoms with Crippen LogP contribution in [0.15, 0.2) is 18.2 Å². The zero-order chi connectivity index (χ0) is 13.8. The highest BCUT2D eigenvalue weighted by atomic mass is 16.3. The smallest absolute Gasteiger partial charge is 0.221 e. The van der Waals surface area contributed by atoms with E-state index in [1.54, 1.807) is 12.1 Å². The van der Waals surface area contributed by atoms with E-state index in [-0.39, 0.29) is 23.4 Å². The molecule has 1 amide bonds. The summed E-state index contributed by atoms with van der Waals surface area (Å²) in [4.78, 5) is 11.5. The lowest BCUT2D eigenvalue weighted by atomic mass is 10.1. The molecule has 0 heterocycles. The van der Waals surface area contributed by atoms with Gasteiger partial charge in [0.2, 0.25) is 5.91 Å². The minimum absolute atomic E-state index is 0.0354. The van der Waals surface area contributed by atoms with Gasteiger partial charge < -0.3 is 20.8 Å². The molecule has 5 nitrogen and oxygen atoms in total. The van der Waals surface area contributed by atoms with Crippen molar-refractivity contribution in [2.45, 2.75) is 38.3 Å². The third-order valence-electron chi connectivity index (χ3n) is 3.17.